The number of aromatic nitrogens is 4. The molecule has 9 nitrogen and oxygen atoms in total. The number of halogens is 3. The minimum absolute atomic E-state index is 0. The van der Waals surface area contributed by atoms with Gasteiger partial charge in [-0.05, 0) is 137 Å². The van der Waals surface area contributed by atoms with Crippen LogP contribution in [0.2, 0.25) is 0 Å². The molecule has 89 heavy (non-hydrogen) atoms. The van der Waals surface area contributed by atoms with E-state index in [0.29, 0.717) is 33.8 Å². The van der Waals surface area contributed by atoms with Gasteiger partial charge in [-0.25, -0.2) is 9.97 Å². The molecular formula is C75H68F3IrN5O4Pt. The van der Waals surface area contributed by atoms with Crippen LogP contribution in [0.25, 0.3) is 67.3 Å². The summed E-state index contributed by atoms with van der Waals surface area (Å²) in [4.78, 5) is 26.6. The Balaban J connectivity index is 0.000000183. The van der Waals surface area contributed by atoms with Gasteiger partial charge in [0.15, 0.2) is 18.5 Å². The Hall–Kier alpha value is -8.86. The van der Waals surface area contributed by atoms with E-state index >= 15 is 0 Å². The Bertz CT molecular complexity index is 4100. The van der Waals surface area contributed by atoms with Crippen molar-refractivity contribution in [1.82, 2.24) is 15.0 Å². The van der Waals surface area contributed by atoms with Gasteiger partial charge >= 0.3 is 6.18 Å². The first kappa shape index (κ1) is 67.6. The number of benzene rings is 7. The molecule has 0 spiro atoms. The van der Waals surface area contributed by atoms with Gasteiger partial charge in [0.25, 0.3) is 0 Å². The van der Waals surface area contributed by atoms with Crippen LogP contribution < -0.4 is 9.47 Å². The third kappa shape index (κ3) is 17.3. The normalized spacial score (nSPS) is 11.6. The molecule has 14 heteroatoms. The van der Waals surface area contributed by atoms with E-state index < -0.39 is 11.7 Å². The molecule has 1 aliphatic rings. The maximum absolute atomic E-state index is 12.5. The fourth-order valence-electron chi connectivity index (χ4n) is 9.84. The third-order valence-corrected chi connectivity index (χ3v) is 14.4. The van der Waals surface area contributed by atoms with E-state index in [-0.39, 0.29) is 75.0 Å². The van der Waals surface area contributed by atoms with Gasteiger partial charge in [-0.2, -0.15) is 17.7 Å². The van der Waals surface area contributed by atoms with Crippen molar-refractivity contribution in [3.63, 3.8) is 0 Å². The summed E-state index contributed by atoms with van der Waals surface area (Å²) in [6, 6.07) is 74.3. The number of phenols is 2. The number of ketones is 1. The van der Waals surface area contributed by atoms with Crippen molar-refractivity contribution >= 4 is 33.7 Å². The topological polar surface area (TPSA) is 124 Å². The number of fused-ring (bicyclic) bond motifs is 4. The van der Waals surface area contributed by atoms with E-state index in [9.17, 15) is 28.2 Å². The maximum atomic E-state index is 12.5. The van der Waals surface area contributed by atoms with Gasteiger partial charge in [-0.15, -0.1) is 29.8 Å². The molecule has 11 aromatic rings. The van der Waals surface area contributed by atoms with E-state index in [1.165, 1.54) is 48.5 Å². The Morgan fingerprint density at radius 3 is 1.48 bits per heavy atom. The monoisotopic (exact) mass is 1550 g/mol. The number of nitrogens with zero attached hydrogens (tertiary/aromatic N) is 5. The molecule has 1 aliphatic heterocycles. The van der Waals surface area contributed by atoms with Crippen LogP contribution in [0, 0.1) is 6.07 Å². The van der Waals surface area contributed by atoms with Gasteiger partial charge < -0.3 is 20.2 Å². The summed E-state index contributed by atoms with van der Waals surface area (Å²) < 4.78 is 39.8. The van der Waals surface area contributed by atoms with Crippen LogP contribution in [0.3, 0.4) is 0 Å². The van der Waals surface area contributed by atoms with E-state index in [1.807, 2.05) is 66.7 Å². The Morgan fingerprint density at radius 2 is 1.01 bits per heavy atom. The summed E-state index contributed by atoms with van der Waals surface area (Å²) in [5.41, 5.74) is 14.9. The number of hydrogen-bond acceptors (Lipinski definition) is 8. The predicted octanol–water partition coefficient (Wildman–Crippen LogP) is 18.7. The van der Waals surface area contributed by atoms with Crippen molar-refractivity contribution < 1.29 is 79.0 Å². The van der Waals surface area contributed by atoms with Gasteiger partial charge in [0, 0.05) is 87.4 Å². The van der Waals surface area contributed by atoms with Crippen molar-refractivity contribution in [3.05, 3.63) is 271 Å². The minimum Gasteiger partial charge on any atom is -0.512 e. The molecule has 7 aromatic carbocycles. The van der Waals surface area contributed by atoms with E-state index in [2.05, 4.69) is 177 Å². The molecule has 1 radical (unpaired) electrons. The summed E-state index contributed by atoms with van der Waals surface area (Å²) >= 11 is 0. The minimum atomic E-state index is -4.34. The second-order valence-corrected chi connectivity index (χ2v) is 23.1. The quantitative estimate of drug-likeness (QED) is 0.0595. The molecule has 0 amide bonds. The molecule has 0 bridgehead atoms. The molecule has 12 rings (SSSR count). The number of anilines is 3. The van der Waals surface area contributed by atoms with E-state index in [1.54, 1.807) is 30.3 Å². The average Bonchev–Trinajstić information content (AvgIpc) is 2.62. The molecule has 5 heterocycles. The van der Waals surface area contributed by atoms with Crippen molar-refractivity contribution in [3.8, 4) is 67.9 Å². The number of rotatable bonds is 8. The second-order valence-electron chi connectivity index (χ2n) is 23.1. The number of aliphatic hydroxyl groups excluding tert-OH is 1. The zero-order chi connectivity index (χ0) is 62.0. The molecule has 0 unspecified atom stereocenters. The Labute approximate surface area is 546 Å². The fourth-order valence-corrected chi connectivity index (χ4v) is 9.84. The van der Waals surface area contributed by atoms with Crippen molar-refractivity contribution in [1.29, 1.82) is 0 Å². The summed E-state index contributed by atoms with van der Waals surface area (Å²) in [7, 11) is 0. The molecule has 0 saturated heterocycles. The predicted molar refractivity (Wildman–Crippen MR) is 343 cm³/mol. The number of hydrogen-bond donors (Lipinski definition) is 3. The van der Waals surface area contributed by atoms with E-state index in [0.717, 1.165) is 63.5 Å². The van der Waals surface area contributed by atoms with Gasteiger partial charge in [-0.1, -0.05) is 151 Å². The zero-order valence-corrected chi connectivity index (χ0v) is 55.2. The maximum Gasteiger partial charge on any atom is 0.381 e. The number of carbonyl (C=O) groups excluding carboxylic acids is 1. The molecule has 0 atom stereocenters. The molecule has 0 saturated carbocycles. The van der Waals surface area contributed by atoms with Crippen LogP contribution in [-0.4, -0.2) is 36.1 Å². The van der Waals surface area contributed by atoms with Gasteiger partial charge in [0.1, 0.15) is 11.5 Å². The summed E-state index contributed by atoms with van der Waals surface area (Å²) in [5, 5.41) is 30.4. The van der Waals surface area contributed by atoms with Crippen LogP contribution in [0.1, 0.15) is 77.6 Å². The number of aromatic hydroxyl groups is 2. The number of allylic oxidation sites excluding steroid dienone is 2. The van der Waals surface area contributed by atoms with E-state index in [4.69, 9.17) is 15.1 Å². The second kappa shape index (κ2) is 29.4. The van der Waals surface area contributed by atoms with Crippen molar-refractivity contribution in [2.45, 2.75) is 78.9 Å². The van der Waals surface area contributed by atoms with Crippen LogP contribution in [0.4, 0.5) is 30.2 Å². The SMILES string of the molecule is CC(=O)C=C(C)O.CC(C)(C)c1cc(-c2cc(C(C)(C)C)cc(-c3ccccc3O)n2)nc(-c2ccccc2O)c1.FC(F)(F)c1c[c-]c(-c2ccc3ccccc3n2)cc1.[Ir].[Pt].c1ccc(N(c2ccccc2)c2cc[n+]3c(c2)-c2ccccc2C3)cc1. The molecular weight excluding hydrogens is 1480 g/mol. The summed E-state index contributed by atoms with van der Waals surface area (Å²) in [6.45, 7) is 16.8. The Morgan fingerprint density at radius 1 is 0.528 bits per heavy atom. The standard InChI is InChI=1S/C30H32N2O2.C24H19N2.C16H9F3N.C5H8O2.Ir.Pt/c1-29(2,3)19-15-23(21-11-7-9-13-27(21)33)31-25(17-19)26-18-20(30(4,5)6)16-24(32-26)22-12-8-10-14-28(22)34;1-3-10-20(11-4-1)26(21-12-5-2-6-13-21)22-15-16-25-18-19-9-7-8-14-23(19)24(25)17-22;17-16(18,19)13-8-5-12(6-9-13)15-10-7-11-3-1-2-4-14(11)20-15;1-4(6)3-5(2)7;;/h7-18,33-34H,1-6H3;1-17H,18H2;1-5,7-10H;3,6H,1-2H3;;/q;+1;-1;;;. The van der Waals surface area contributed by atoms with Crippen molar-refractivity contribution in [2.24, 2.45) is 0 Å². The zero-order valence-electron chi connectivity index (χ0n) is 50.5. The molecule has 4 aromatic heterocycles. The first-order chi connectivity index (χ1) is 41.5. The number of pyridine rings is 4. The molecule has 3 N–H and O–H groups in total. The van der Waals surface area contributed by atoms with Gasteiger partial charge in [0.2, 0.25) is 5.69 Å². The summed E-state index contributed by atoms with van der Waals surface area (Å²) in [6.07, 6.45) is -0.977. The molecule has 0 aliphatic carbocycles. The third-order valence-electron chi connectivity index (χ3n) is 14.4. The van der Waals surface area contributed by atoms with Gasteiger partial charge in [-0.3, -0.25) is 9.78 Å². The van der Waals surface area contributed by atoms with Crippen molar-refractivity contribution in [2.75, 3.05) is 4.90 Å². The van der Waals surface area contributed by atoms with Crippen LogP contribution >= 0.6 is 0 Å². The van der Waals surface area contributed by atoms with Crippen LogP contribution in [-0.2, 0) is 69.5 Å². The number of phenolic OH excluding ortho intramolecular Hbond substituents is 2. The molecule has 457 valence electrons. The Kier molecular flexibility index (Phi) is 22.4. The van der Waals surface area contributed by atoms with Crippen LogP contribution in [0.5, 0.6) is 11.5 Å². The first-order valence-corrected chi connectivity index (χ1v) is 28.5. The van der Waals surface area contributed by atoms with Crippen LogP contribution in [0.15, 0.2) is 242 Å². The molecule has 0 fully saturated rings. The number of alkyl halides is 3. The number of para-hydroxylation sites is 5. The number of aliphatic hydroxyl groups is 1. The number of carbonyl (C=O) groups is 1. The average molecular weight is 1550 g/mol. The summed E-state index contributed by atoms with van der Waals surface area (Å²) in [5.74, 6) is 0.323. The fraction of sp³-hybridized carbons (Fsp3) is 0.160. The largest absolute Gasteiger partial charge is 0.512 e. The first-order valence-electron chi connectivity index (χ1n) is 28.5. The van der Waals surface area contributed by atoms with Gasteiger partial charge in [0.05, 0.1) is 45.3 Å². The smallest absolute Gasteiger partial charge is 0.381 e.